The summed E-state index contributed by atoms with van der Waals surface area (Å²) in [4.78, 5) is 14.3. The van der Waals surface area contributed by atoms with Gasteiger partial charge in [0, 0.05) is 33.9 Å². The molecule has 1 aliphatic heterocycles. The smallest absolute Gasteiger partial charge is 0.230 e. The molecule has 4 atom stereocenters. The summed E-state index contributed by atoms with van der Waals surface area (Å²) >= 11 is 0. The predicted molar refractivity (Wildman–Crippen MR) is 107 cm³/mol. The van der Waals surface area contributed by atoms with Crippen LogP contribution in [0.3, 0.4) is 0 Å². The van der Waals surface area contributed by atoms with E-state index in [1.165, 1.54) is 0 Å². The van der Waals surface area contributed by atoms with Gasteiger partial charge in [0.2, 0.25) is 5.91 Å². The van der Waals surface area contributed by atoms with E-state index >= 15 is 0 Å². The number of unbranched alkanes of at least 4 members (excludes halogenated alkanes) is 3. The van der Waals surface area contributed by atoms with Crippen LogP contribution in [0.15, 0.2) is 0 Å². The van der Waals surface area contributed by atoms with Crippen molar-refractivity contribution in [2.45, 2.75) is 77.6 Å². The summed E-state index contributed by atoms with van der Waals surface area (Å²) in [5, 5.41) is 0. The second kappa shape index (κ2) is 14.3. The molecule has 1 rings (SSSR count). The van der Waals surface area contributed by atoms with Gasteiger partial charge < -0.3 is 23.8 Å². The van der Waals surface area contributed by atoms with Crippen LogP contribution in [0.2, 0.25) is 0 Å². The highest BCUT2D eigenvalue weighted by Gasteiger charge is 2.45. The van der Waals surface area contributed by atoms with Crippen molar-refractivity contribution in [3.63, 3.8) is 0 Å². The van der Waals surface area contributed by atoms with Crippen molar-refractivity contribution >= 4 is 5.91 Å². The molecule has 0 radical (unpaired) electrons. The van der Waals surface area contributed by atoms with Gasteiger partial charge in [0.05, 0.1) is 19.1 Å². The fraction of sp³-hybridized carbons (Fsp3) is 0.952. The largest absolute Gasteiger partial charge is 0.379 e. The van der Waals surface area contributed by atoms with Crippen molar-refractivity contribution in [3.8, 4) is 0 Å². The minimum absolute atomic E-state index is 0.0333. The molecule has 0 aromatic rings. The maximum atomic E-state index is 12.7. The third-order valence-electron chi connectivity index (χ3n) is 4.88. The average molecular weight is 388 g/mol. The van der Waals surface area contributed by atoms with Gasteiger partial charge in [-0.2, -0.15) is 0 Å². The molecule has 160 valence electrons. The highest BCUT2D eigenvalue weighted by Crippen LogP contribution is 2.28. The van der Waals surface area contributed by atoms with Crippen molar-refractivity contribution in [2.75, 3.05) is 47.1 Å². The van der Waals surface area contributed by atoms with Gasteiger partial charge in [-0.25, -0.2) is 0 Å². The van der Waals surface area contributed by atoms with Crippen LogP contribution in [-0.2, 0) is 23.7 Å². The van der Waals surface area contributed by atoms with Gasteiger partial charge in [-0.05, 0) is 19.3 Å². The molecule has 1 heterocycles. The third kappa shape index (κ3) is 8.46. The van der Waals surface area contributed by atoms with Gasteiger partial charge in [-0.3, -0.25) is 4.79 Å². The molecule has 0 saturated carbocycles. The summed E-state index contributed by atoms with van der Waals surface area (Å²) in [6.45, 7) is 9.25. The SMILES string of the molecule is CCCCOC[C@H]1OC[C@@H](C(=O)N(C)C)[C@@H](OCCCC)[C@H]1OCCCC. The fourth-order valence-corrected chi connectivity index (χ4v) is 3.13. The Morgan fingerprint density at radius 3 is 2.04 bits per heavy atom. The van der Waals surface area contributed by atoms with Gasteiger partial charge in [-0.15, -0.1) is 0 Å². The predicted octanol–water partition coefficient (Wildman–Crippen LogP) is 3.28. The quantitative estimate of drug-likeness (QED) is 0.428. The van der Waals surface area contributed by atoms with E-state index in [2.05, 4.69) is 20.8 Å². The number of hydrogen-bond donors (Lipinski definition) is 0. The third-order valence-corrected chi connectivity index (χ3v) is 4.88. The molecule has 0 bridgehead atoms. The molecule has 0 spiro atoms. The lowest BCUT2D eigenvalue weighted by Gasteiger charge is -2.42. The molecule has 27 heavy (non-hydrogen) atoms. The number of rotatable bonds is 14. The molecule has 0 aliphatic carbocycles. The van der Waals surface area contributed by atoms with Gasteiger partial charge >= 0.3 is 0 Å². The first-order valence-corrected chi connectivity index (χ1v) is 10.7. The van der Waals surface area contributed by atoms with Crippen molar-refractivity contribution in [1.82, 2.24) is 4.90 Å². The van der Waals surface area contributed by atoms with E-state index in [1.54, 1.807) is 19.0 Å². The number of ether oxygens (including phenoxy) is 4. The monoisotopic (exact) mass is 387 g/mol. The Labute approximate surface area is 165 Å². The lowest BCUT2D eigenvalue weighted by atomic mass is 9.90. The molecule has 6 nitrogen and oxygen atoms in total. The van der Waals surface area contributed by atoms with E-state index in [-0.39, 0.29) is 30.1 Å². The summed E-state index contributed by atoms with van der Waals surface area (Å²) in [6, 6.07) is 0. The van der Waals surface area contributed by atoms with Crippen LogP contribution in [0.25, 0.3) is 0 Å². The van der Waals surface area contributed by atoms with Crippen LogP contribution in [0.4, 0.5) is 0 Å². The Morgan fingerprint density at radius 1 is 0.926 bits per heavy atom. The summed E-state index contributed by atoms with van der Waals surface area (Å²) < 4.78 is 24.3. The van der Waals surface area contributed by atoms with E-state index in [1.807, 2.05) is 0 Å². The molecule has 6 heteroatoms. The first-order chi connectivity index (χ1) is 13.1. The van der Waals surface area contributed by atoms with Crippen LogP contribution < -0.4 is 0 Å². The maximum Gasteiger partial charge on any atom is 0.230 e. The van der Waals surface area contributed by atoms with Crippen molar-refractivity contribution < 1.29 is 23.7 Å². The van der Waals surface area contributed by atoms with E-state index in [0.29, 0.717) is 26.4 Å². The van der Waals surface area contributed by atoms with Gasteiger partial charge in [0.1, 0.15) is 18.3 Å². The Hall–Kier alpha value is -0.690. The van der Waals surface area contributed by atoms with Crippen molar-refractivity contribution in [3.05, 3.63) is 0 Å². The number of nitrogens with zero attached hydrogens (tertiary/aromatic N) is 1. The molecule has 1 fully saturated rings. The number of carbonyl (C=O) groups is 1. The zero-order chi connectivity index (χ0) is 20.1. The molecule has 0 unspecified atom stereocenters. The van der Waals surface area contributed by atoms with E-state index in [4.69, 9.17) is 18.9 Å². The van der Waals surface area contributed by atoms with E-state index in [0.717, 1.165) is 45.1 Å². The van der Waals surface area contributed by atoms with Crippen molar-refractivity contribution in [1.29, 1.82) is 0 Å². The summed E-state index contributed by atoms with van der Waals surface area (Å²) in [5.41, 5.74) is 0. The molecule has 0 aromatic heterocycles. The maximum absolute atomic E-state index is 12.7. The molecule has 1 amide bonds. The first kappa shape index (κ1) is 24.3. The second-order valence-corrected chi connectivity index (χ2v) is 7.52. The summed E-state index contributed by atoms with van der Waals surface area (Å²) in [6.07, 6.45) is 5.43. The summed E-state index contributed by atoms with van der Waals surface area (Å²) in [7, 11) is 3.55. The van der Waals surface area contributed by atoms with Crippen LogP contribution in [-0.4, -0.2) is 76.2 Å². The van der Waals surface area contributed by atoms with E-state index in [9.17, 15) is 4.79 Å². The standard InChI is InChI=1S/C21H41NO5/c1-6-9-12-24-16-18-20(26-14-11-8-3)19(25-13-10-7-2)17(15-27-18)21(23)22(4)5/h17-20H,6-16H2,1-5H3/t17-,18-,19-,20+/m1/s1. The minimum atomic E-state index is -0.338. The zero-order valence-electron chi connectivity index (χ0n) is 18.1. The normalized spacial score (nSPS) is 25.5. The highest BCUT2D eigenvalue weighted by atomic mass is 16.6. The summed E-state index contributed by atoms with van der Waals surface area (Å²) in [5.74, 6) is -0.304. The average Bonchev–Trinajstić information content (AvgIpc) is 2.66. The second-order valence-electron chi connectivity index (χ2n) is 7.52. The fourth-order valence-electron chi connectivity index (χ4n) is 3.13. The molecular weight excluding hydrogens is 346 g/mol. The van der Waals surface area contributed by atoms with Crippen LogP contribution >= 0.6 is 0 Å². The lowest BCUT2D eigenvalue weighted by molar-refractivity contribution is -0.215. The molecular formula is C21H41NO5. The Bertz CT molecular complexity index is 391. The zero-order valence-corrected chi connectivity index (χ0v) is 18.1. The molecule has 0 N–H and O–H groups in total. The van der Waals surface area contributed by atoms with Gasteiger partial charge in [0.25, 0.3) is 0 Å². The van der Waals surface area contributed by atoms with Crippen LogP contribution in [0.1, 0.15) is 59.3 Å². The topological polar surface area (TPSA) is 57.2 Å². The van der Waals surface area contributed by atoms with Gasteiger partial charge in [-0.1, -0.05) is 40.0 Å². The minimum Gasteiger partial charge on any atom is -0.379 e. The Morgan fingerprint density at radius 2 is 1.48 bits per heavy atom. The molecule has 1 aliphatic rings. The van der Waals surface area contributed by atoms with Crippen molar-refractivity contribution in [2.24, 2.45) is 5.92 Å². The number of amides is 1. The first-order valence-electron chi connectivity index (χ1n) is 10.7. The molecule has 0 aromatic carbocycles. The Balaban J connectivity index is 2.87. The lowest BCUT2D eigenvalue weighted by Crippen LogP contribution is -2.57. The molecule has 1 saturated heterocycles. The number of hydrogen-bond acceptors (Lipinski definition) is 5. The van der Waals surface area contributed by atoms with Crippen LogP contribution in [0.5, 0.6) is 0 Å². The van der Waals surface area contributed by atoms with Crippen LogP contribution in [0, 0.1) is 5.92 Å². The van der Waals surface area contributed by atoms with E-state index < -0.39 is 0 Å². The number of carbonyl (C=O) groups excluding carboxylic acids is 1. The van der Waals surface area contributed by atoms with Gasteiger partial charge in [0.15, 0.2) is 0 Å². The Kier molecular flexibility index (Phi) is 12.9. The highest BCUT2D eigenvalue weighted by molar-refractivity contribution is 5.79.